The minimum atomic E-state index is -0.340. The average Bonchev–Trinajstić information content (AvgIpc) is 2.86. The fourth-order valence-corrected chi connectivity index (χ4v) is 2.37. The Morgan fingerprint density at radius 2 is 2.14 bits per heavy atom. The number of phenolic OH excluding ortho intramolecular Hbond substituents is 1. The van der Waals surface area contributed by atoms with Crippen LogP contribution in [0.4, 0.5) is 0 Å². The molecular formula is C16H14ClN3O2. The number of fused-ring (bicyclic) bond motifs is 1. The van der Waals surface area contributed by atoms with Crippen molar-refractivity contribution in [1.29, 1.82) is 0 Å². The number of aromatic hydroxyl groups is 1. The number of nitrogens with one attached hydrogen (secondary N) is 1. The highest BCUT2D eigenvalue weighted by atomic mass is 35.5. The van der Waals surface area contributed by atoms with Gasteiger partial charge in [-0.25, -0.2) is 4.98 Å². The van der Waals surface area contributed by atoms with Gasteiger partial charge >= 0.3 is 0 Å². The van der Waals surface area contributed by atoms with Crippen LogP contribution in [0, 0.1) is 6.92 Å². The van der Waals surface area contributed by atoms with Gasteiger partial charge in [0.05, 0.1) is 22.8 Å². The molecule has 1 aromatic carbocycles. The molecule has 6 heteroatoms. The second-order valence-electron chi connectivity index (χ2n) is 5.05. The summed E-state index contributed by atoms with van der Waals surface area (Å²) in [6, 6.07) is 8.50. The standard InChI is InChI=1S/C16H14ClN3O2/c1-10-2-4-13(14(21)6-10)16(22)18-7-12-9-20-8-11(17)3-5-15(20)19-12/h2-6,8-9,21H,7H2,1H3,(H,18,22). The van der Waals surface area contributed by atoms with E-state index in [4.69, 9.17) is 11.6 Å². The predicted octanol–water partition coefficient (Wildman–Crippen LogP) is 2.93. The van der Waals surface area contributed by atoms with E-state index in [0.717, 1.165) is 11.2 Å². The van der Waals surface area contributed by atoms with Crippen molar-refractivity contribution in [2.45, 2.75) is 13.5 Å². The molecule has 0 aliphatic heterocycles. The fraction of sp³-hybridized carbons (Fsp3) is 0.125. The number of nitrogens with zero attached hydrogens (tertiary/aromatic N) is 2. The Hall–Kier alpha value is -2.53. The van der Waals surface area contributed by atoms with E-state index in [2.05, 4.69) is 10.3 Å². The van der Waals surface area contributed by atoms with Crippen molar-refractivity contribution in [1.82, 2.24) is 14.7 Å². The lowest BCUT2D eigenvalue weighted by atomic mass is 10.1. The Balaban J connectivity index is 1.74. The zero-order valence-electron chi connectivity index (χ0n) is 11.9. The third-order valence-corrected chi connectivity index (χ3v) is 3.52. The molecule has 0 bridgehead atoms. The maximum Gasteiger partial charge on any atom is 0.255 e. The molecule has 0 atom stereocenters. The van der Waals surface area contributed by atoms with Gasteiger partial charge in [-0.1, -0.05) is 17.7 Å². The first-order valence-electron chi connectivity index (χ1n) is 6.74. The molecule has 0 radical (unpaired) electrons. The van der Waals surface area contributed by atoms with Crippen LogP contribution in [-0.4, -0.2) is 20.4 Å². The van der Waals surface area contributed by atoms with Crippen LogP contribution >= 0.6 is 11.6 Å². The maximum atomic E-state index is 12.1. The van der Waals surface area contributed by atoms with Crippen LogP contribution in [-0.2, 0) is 6.54 Å². The Morgan fingerprint density at radius 1 is 1.32 bits per heavy atom. The van der Waals surface area contributed by atoms with Crippen molar-refractivity contribution >= 4 is 23.2 Å². The third-order valence-electron chi connectivity index (χ3n) is 3.29. The minimum absolute atomic E-state index is 0.0284. The summed E-state index contributed by atoms with van der Waals surface area (Å²) in [5.41, 5.74) is 2.61. The van der Waals surface area contributed by atoms with Crippen LogP contribution in [0.25, 0.3) is 5.65 Å². The van der Waals surface area contributed by atoms with Gasteiger partial charge in [-0.15, -0.1) is 0 Å². The van der Waals surface area contributed by atoms with Gasteiger partial charge in [0.1, 0.15) is 11.4 Å². The topological polar surface area (TPSA) is 66.6 Å². The molecule has 2 heterocycles. The highest BCUT2D eigenvalue weighted by molar-refractivity contribution is 6.30. The molecule has 3 aromatic rings. The van der Waals surface area contributed by atoms with E-state index in [1.54, 1.807) is 47.1 Å². The summed E-state index contributed by atoms with van der Waals surface area (Å²) in [7, 11) is 0. The molecule has 22 heavy (non-hydrogen) atoms. The molecule has 5 nitrogen and oxygen atoms in total. The number of amides is 1. The molecule has 112 valence electrons. The van der Waals surface area contributed by atoms with E-state index < -0.39 is 0 Å². The molecule has 3 rings (SSSR count). The largest absolute Gasteiger partial charge is 0.507 e. The van der Waals surface area contributed by atoms with Crippen molar-refractivity contribution in [2.75, 3.05) is 0 Å². The monoisotopic (exact) mass is 315 g/mol. The maximum absolute atomic E-state index is 12.1. The van der Waals surface area contributed by atoms with Crippen molar-refractivity contribution in [3.05, 3.63) is 64.6 Å². The van der Waals surface area contributed by atoms with Crippen LogP contribution in [0.2, 0.25) is 5.02 Å². The van der Waals surface area contributed by atoms with Crippen molar-refractivity contribution < 1.29 is 9.90 Å². The van der Waals surface area contributed by atoms with Crippen LogP contribution in [0.5, 0.6) is 5.75 Å². The molecule has 0 saturated heterocycles. The van der Waals surface area contributed by atoms with E-state index in [1.165, 1.54) is 0 Å². The van der Waals surface area contributed by atoms with Gasteiger partial charge in [0, 0.05) is 12.4 Å². The Bertz CT molecular complexity index is 858. The number of aromatic nitrogens is 2. The second-order valence-corrected chi connectivity index (χ2v) is 5.48. The molecule has 0 aliphatic rings. The van der Waals surface area contributed by atoms with Gasteiger partial charge in [-0.05, 0) is 36.8 Å². The van der Waals surface area contributed by atoms with Gasteiger partial charge in [-0.2, -0.15) is 0 Å². The second kappa shape index (κ2) is 5.69. The number of rotatable bonds is 3. The number of hydrogen-bond donors (Lipinski definition) is 2. The van der Waals surface area contributed by atoms with Crippen molar-refractivity contribution in [3.8, 4) is 5.75 Å². The first-order chi connectivity index (χ1) is 10.5. The van der Waals surface area contributed by atoms with Crippen molar-refractivity contribution in [2.24, 2.45) is 0 Å². The number of carbonyl (C=O) groups excluding carboxylic acids is 1. The zero-order chi connectivity index (χ0) is 15.7. The molecule has 0 aliphatic carbocycles. The lowest BCUT2D eigenvalue weighted by Crippen LogP contribution is -2.23. The van der Waals surface area contributed by atoms with Gasteiger partial charge in [0.25, 0.3) is 5.91 Å². The number of benzene rings is 1. The molecule has 0 spiro atoms. The van der Waals surface area contributed by atoms with E-state index in [0.29, 0.717) is 10.7 Å². The summed E-state index contributed by atoms with van der Waals surface area (Å²) in [4.78, 5) is 16.5. The molecular weight excluding hydrogens is 302 g/mol. The van der Waals surface area contributed by atoms with Gasteiger partial charge < -0.3 is 14.8 Å². The summed E-state index contributed by atoms with van der Waals surface area (Å²) in [5, 5.41) is 13.2. The van der Waals surface area contributed by atoms with E-state index in [1.807, 2.05) is 6.92 Å². The molecule has 0 fully saturated rings. The van der Waals surface area contributed by atoms with Crippen LogP contribution in [0.3, 0.4) is 0 Å². The highest BCUT2D eigenvalue weighted by Crippen LogP contribution is 2.18. The van der Waals surface area contributed by atoms with Gasteiger partial charge in [0.2, 0.25) is 0 Å². The first kappa shape index (κ1) is 14.4. The number of phenols is 1. The van der Waals surface area contributed by atoms with Crippen LogP contribution < -0.4 is 5.32 Å². The molecule has 0 unspecified atom stereocenters. The summed E-state index contributed by atoms with van der Waals surface area (Å²) < 4.78 is 1.80. The van der Waals surface area contributed by atoms with Crippen LogP contribution in [0.1, 0.15) is 21.6 Å². The summed E-state index contributed by atoms with van der Waals surface area (Å²) in [6.07, 6.45) is 3.55. The van der Waals surface area contributed by atoms with Crippen LogP contribution in [0.15, 0.2) is 42.7 Å². The Morgan fingerprint density at radius 3 is 2.91 bits per heavy atom. The number of aryl methyl sites for hydroxylation is 1. The van der Waals surface area contributed by atoms with E-state index in [-0.39, 0.29) is 23.8 Å². The lowest BCUT2D eigenvalue weighted by molar-refractivity contribution is 0.0948. The summed E-state index contributed by atoms with van der Waals surface area (Å²) in [6.45, 7) is 2.12. The van der Waals surface area contributed by atoms with E-state index in [9.17, 15) is 9.90 Å². The first-order valence-corrected chi connectivity index (χ1v) is 7.12. The van der Waals surface area contributed by atoms with Gasteiger partial charge in [-0.3, -0.25) is 4.79 Å². The van der Waals surface area contributed by atoms with Crippen molar-refractivity contribution in [3.63, 3.8) is 0 Å². The summed E-state index contributed by atoms with van der Waals surface area (Å²) >= 11 is 5.92. The Kier molecular flexibility index (Phi) is 3.73. The number of halogens is 1. The fourth-order valence-electron chi connectivity index (χ4n) is 2.20. The molecule has 0 saturated carbocycles. The normalized spacial score (nSPS) is 10.8. The smallest absolute Gasteiger partial charge is 0.255 e. The predicted molar refractivity (Wildman–Crippen MR) is 84.2 cm³/mol. The number of carbonyl (C=O) groups is 1. The quantitative estimate of drug-likeness (QED) is 0.781. The zero-order valence-corrected chi connectivity index (χ0v) is 12.6. The molecule has 2 aromatic heterocycles. The molecule has 2 N–H and O–H groups in total. The SMILES string of the molecule is Cc1ccc(C(=O)NCc2cn3cc(Cl)ccc3n2)c(O)c1. The highest BCUT2D eigenvalue weighted by Gasteiger charge is 2.11. The number of hydrogen-bond acceptors (Lipinski definition) is 3. The Labute approximate surface area is 132 Å². The number of imidazole rings is 1. The van der Waals surface area contributed by atoms with Gasteiger partial charge in [0.15, 0.2) is 0 Å². The summed E-state index contributed by atoms with van der Waals surface area (Å²) in [5.74, 6) is -0.369. The minimum Gasteiger partial charge on any atom is -0.507 e. The lowest BCUT2D eigenvalue weighted by Gasteiger charge is -2.06. The molecule has 1 amide bonds. The average molecular weight is 316 g/mol. The number of pyridine rings is 1. The third kappa shape index (κ3) is 2.89. The van der Waals surface area contributed by atoms with E-state index >= 15 is 0 Å².